The lowest BCUT2D eigenvalue weighted by Crippen LogP contribution is -2.31. The summed E-state index contributed by atoms with van der Waals surface area (Å²) in [7, 11) is 0. The van der Waals surface area contributed by atoms with Crippen molar-refractivity contribution in [3.8, 4) is 28.1 Å². The molecule has 1 aliphatic rings. The number of rotatable bonds is 3. The quantitative estimate of drug-likeness (QED) is 0.208. The molecular weight excluding hydrogens is 599 g/mol. The highest BCUT2D eigenvalue weighted by atomic mass is 16.3. The van der Waals surface area contributed by atoms with E-state index in [0.29, 0.717) is 5.52 Å². The first-order valence-electron chi connectivity index (χ1n) is 17.3. The van der Waals surface area contributed by atoms with E-state index in [1.54, 1.807) is 0 Å². The smallest absolute Gasteiger partial charge is 0.145 e. The predicted octanol–water partition coefficient (Wildman–Crippen LogP) is 12.0. The Morgan fingerprint density at radius 3 is 2.00 bits per heavy atom. The molecule has 2 aromatic heterocycles. The van der Waals surface area contributed by atoms with Crippen molar-refractivity contribution < 1.29 is 5.11 Å². The van der Waals surface area contributed by atoms with Crippen LogP contribution >= 0.6 is 0 Å². The fourth-order valence-corrected chi connectivity index (χ4v) is 7.39. The van der Waals surface area contributed by atoms with Crippen LogP contribution in [0.25, 0.3) is 33.3 Å². The Morgan fingerprint density at radius 2 is 1.31 bits per heavy atom. The molecule has 0 bridgehead atoms. The molecule has 0 unspecified atom stereocenters. The van der Waals surface area contributed by atoms with Gasteiger partial charge in [-0.3, -0.25) is 4.90 Å². The van der Waals surface area contributed by atoms with Crippen molar-refractivity contribution in [3.63, 3.8) is 0 Å². The first-order valence-corrected chi connectivity index (χ1v) is 17.3. The topological polar surface area (TPSA) is 49.3 Å². The van der Waals surface area contributed by atoms with Gasteiger partial charge < -0.3 is 5.11 Å². The van der Waals surface area contributed by atoms with Gasteiger partial charge in [0, 0.05) is 22.6 Å². The van der Waals surface area contributed by atoms with Crippen molar-refractivity contribution in [2.45, 2.75) is 85.5 Å². The van der Waals surface area contributed by atoms with Crippen molar-refractivity contribution in [1.29, 1.82) is 0 Å². The maximum atomic E-state index is 11.5. The van der Waals surface area contributed by atoms with Crippen molar-refractivity contribution >= 4 is 28.1 Å². The van der Waals surface area contributed by atoms with Crippen LogP contribution < -0.4 is 4.90 Å². The average molecular weight is 646 g/mol. The molecule has 0 radical (unpaired) electrons. The summed E-state index contributed by atoms with van der Waals surface area (Å²) in [6.07, 6.45) is 1.92. The number of benzene rings is 4. The lowest BCUT2D eigenvalue weighted by molar-refractivity contribution is 0.476. The van der Waals surface area contributed by atoms with Crippen LogP contribution in [0.15, 0.2) is 97.2 Å². The van der Waals surface area contributed by atoms with Crippen LogP contribution in [0.5, 0.6) is 5.75 Å². The highest BCUT2D eigenvalue weighted by molar-refractivity contribution is 6.01. The van der Waals surface area contributed by atoms with Crippen LogP contribution in [0.3, 0.4) is 0 Å². The second-order valence-electron chi connectivity index (χ2n) is 16.3. The van der Waals surface area contributed by atoms with Crippen molar-refractivity contribution in [3.05, 3.63) is 131 Å². The van der Waals surface area contributed by atoms with Gasteiger partial charge in [0.05, 0.1) is 17.1 Å². The maximum absolute atomic E-state index is 11.5. The number of fused-ring (bicyclic) bond motifs is 3. The number of anilines is 3. The monoisotopic (exact) mass is 645 g/mol. The minimum Gasteiger partial charge on any atom is -0.505 e. The van der Waals surface area contributed by atoms with E-state index in [-0.39, 0.29) is 22.0 Å². The normalized spacial score (nSPS) is 14.1. The molecule has 0 spiro atoms. The largest absolute Gasteiger partial charge is 0.505 e. The summed E-state index contributed by atoms with van der Waals surface area (Å²) in [5.41, 5.74) is 13.7. The second-order valence-corrected chi connectivity index (χ2v) is 16.3. The van der Waals surface area contributed by atoms with Crippen LogP contribution in [0.1, 0.15) is 88.8 Å². The number of hydrogen-bond acceptors (Lipinski definition) is 4. The van der Waals surface area contributed by atoms with Gasteiger partial charge in [0.2, 0.25) is 0 Å². The summed E-state index contributed by atoms with van der Waals surface area (Å²) in [6.45, 7) is 22.1. The number of aromatic nitrogens is 2. The SMILES string of the molecule is Cc1c(C)c(O)c2nc(-c3ccc4c(c3)N(c3cc(C(C)(C)C)ccn3)c3ccccc3C4(C)C)ccc2c1-c1ccc(C(C)(C)C)cc1. The van der Waals surface area contributed by atoms with Gasteiger partial charge in [0.15, 0.2) is 0 Å². The Bertz CT molecular complexity index is 2250. The van der Waals surface area contributed by atoms with Gasteiger partial charge in [-0.1, -0.05) is 110 Å². The Hall–Kier alpha value is -4.96. The molecule has 4 nitrogen and oxygen atoms in total. The summed E-state index contributed by atoms with van der Waals surface area (Å²) in [5, 5.41) is 12.5. The molecule has 0 fully saturated rings. The predicted molar refractivity (Wildman–Crippen MR) is 206 cm³/mol. The van der Waals surface area contributed by atoms with Crippen LogP contribution in [0.2, 0.25) is 0 Å². The summed E-state index contributed by atoms with van der Waals surface area (Å²) in [4.78, 5) is 12.4. The summed E-state index contributed by atoms with van der Waals surface area (Å²) in [5.74, 6) is 1.13. The zero-order valence-corrected chi connectivity index (χ0v) is 30.5. The molecular formula is C45H47N3O. The molecule has 248 valence electrons. The maximum Gasteiger partial charge on any atom is 0.145 e. The van der Waals surface area contributed by atoms with Crippen LogP contribution in [0.4, 0.5) is 17.2 Å². The number of pyridine rings is 2. The van der Waals surface area contributed by atoms with E-state index in [0.717, 1.165) is 56.1 Å². The third-order valence-corrected chi connectivity index (χ3v) is 10.6. The molecule has 0 saturated heterocycles. The molecule has 1 N–H and O–H groups in total. The lowest BCUT2D eigenvalue weighted by atomic mass is 9.73. The molecule has 1 aliphatic heterocycles. The van der Waals surface area contributed by atoms with Gasteiger partial charge in [0.25, 0.3) is 0 Å². The minimum absolute atomic E-state index is 0.0159. The fourth-order valence-electron chi connectivity index (χ4n) is 7.39. The first-order chi connectivity index (χ1) is 23.1. The molecule has 0 saturated carbocycles. The summed E-state index contributed by atoms with van der Waals surface area (Å²) in [6, 6.07) is 32.7. The van der Waals surface area contributed by atoms with Crippen LogP contribution in [-0.2, 0) is 16.2 Å². The molecule has 3 heterocycles. The van der Waals surface area contributed by atoms with Gasteiger partial charge in [-0.05, 0) is 106 Å². The van der Waals surface area contributed by atoms with Crippen molar-refractivity contribution in [2.24, 2.45) is 0 Å². The Balaban J connectivity index is 1.41. The van der Waals surface area contributed by atoms with E-state index in [1.165, 1.54) is 22.3 Å². The Kier molecular flexibility index (Phi) is 7.51. The van der Waals surface area contributed by atoms with Gasteiger partial charge >= 0.3 is 0 Å². The second kappa shape index (κ2) is 11.3. The average Bonchev–Trinajstić information content (AvgIpc) is 3.07. The van der Waals surface area contributed by atoms with Crippen LogP contribution in [-0.4, -0.2) is 15.1 Å². The molecule has 4 heteroatoms. The highest BCUT2D eigenvalue weighted by Gasteiger charge is 2.37. The number of aromatic hydroxyl groups is 1. The summed E-state index contributed by atoms with van der Waals surface area (Å²) < 4.78 is 0. The van der Waals surface area contributed by atoms with Gasteiger partial charge in [0.1, 0.15) is 17.1 Å². The van der Waals surface area contributed by atoms with E-state index in [2.05, 4.69) is 158 Å². The fraction of sp³-hybridized carbons (Fsp3) is 0.289. The highest BCUT2D eigenvalue weighted by Crippen LogP contribution is 2.52. The zero-order valence-electron chi connectivity index (χ0n) is 30.5. The molecule has 7 rings (SSSR count). The van der Waals surface area contributed by atoms with Gasteiger partial charge in [-0.15, -0.1) is 0 Å². The van der Waals surface area contributed by atoms with Gasteiger partial charge in [-0.25, -0.2) is 9.97 Å². The van der Waals surface area contributed by atoms with E-state index < -0.39 is 0 Å². The molecule has 0 aliphatic carbocycles. The third kappa shape index (κ3) is 5.38. The first kappa shape index (κ1) is 32.6. The number of para-hydroxylation sites is 1. The molecule has 0 amide bonds. The molecule has 49 heavy (non-hydrogen) atoms. The van der Waals surface area contributed by atoms with Gasteiger partial charge in [-0.2, -0.15) is 0 Å². The Morgan fingerprint density at radius 1 is 0.653 bits per heavy atom. The molecule has 4 aromatic carbocycles. The third-order valence-electron chi connectivity index (χ3n) is 10.6. The van der Waals surface area contributed by atoms with E-state index in [1.807, 2.05) is 13.1 Å². The van der Waals surface area contributed by atoms with E-state index in [4.69, 9.17) is 9.97 Å². The van der Waals surface area contributed by atoms with Crippen LogP contribution in [0, 0.1) is 13.8 Å². The van der Waals surface area contributed by atoms with E-state index in [9.17, 15) is 5.11 Å². The zero-order chi connectivity index (χ0) is 35.0. The number of phenols is 1. The lowest BCUT2D eigenvalue weighted by Gasteiger charge is -2.42. The Labute approximate surface area is 291 Å². The van der Waals surface area contributed by atoms with E-state index >= 15 is 0 Å². The molecule has 6 aromatic rings. The number of phenolic OH excluding ortho intramolecular Hbond substituents is 1. The standard InChI is InChI=1S/C45H47N3O/c1-27-28(2)42(49)41-33(40(27)29-15-18-31(19-16-29)43(3,4)5)20-22-36(47-41)30-17-21-35-38(25-30)48(37-14-12-11-13-34(37)45(35,9)10)39-26-32(23-24-46-39)44(6,7)8/h11-26,49H,1-10H3. The number of nitrogens with zero attached hydrogens (tertiary/aromatic N) is 3. The minimum atomic E-state index is -0.218. The van der Waals surface area contributed by atoms with Crippen molar-refractivity contribution in [1.82, 2.24) is 9.97 Å². The summed E-state index contributed by atoms with van der Waals surface area (Å²) >= 11 is 0. The number of hydrogen-bond donors (Lipinski definition) is 1. The molecule has 0 atom stereocenters. The van der Waals surface area contributed by atoms with Crippen molar-refractivity contribution in [2.75, 3.05) is 4.90 Å².